The highest BCUT2D eigenvalue weighted by Gasteiger charge is 2.22. The van der Waals surface area contributed by atoms with Gasteiger partial charge in [0, 0.05) is 22.2 Å². The molecule has 1 heterocycles. The first-order valence-electron chi connectivity index (χ1n) is 6.15. The number of aliphatic hydroxyl groups excluding tert-OH is 1. The Bertz CT molecular complexity index is 645. The third-order valence-electron chi connectivity index (χ3n) is 3.14. The van der Waals surface area contributed by atoms with E-state index in [1.54, 1.807) is 18.2 Å². The lowest BCUT2D eigenvalue weighted by molar-refractivity contribution is 0.140. The van der Waals surface area contributed by atoms with E-state index >= 15 is 0 Å². The van der Waals surface area contributed by atoms with E-state index in [1.807, 2.05) is 0 Å². The summed E-state index contributed by atoms with van der Waals surface area (Å²) in [7, 11) is 0. The molecule has 1 N–H and O–H groups in total. The van der Waals surface area contributed by atoms with Crippen LogP contribution in [0.1, 0.15) is 17.2 Å². The van der Waals surface area contributed by atoms with E-state index in [-0.39, 0.29) is 19.0 Å². The first-order valence-corrected chi connectivity index (χ1v) is 6.53. The summed E-state index contributed by atoms with van der Waals surface area (Å²) in [5, 5.41) is 10.1. The molecule has 2 aromatic carbocycles. The Morgan fingerprint density at radius 2 is 2.15 bits per heavy atom. The van der Waals surface area contributed by atoms with Gasteiger partial charge in [0.1, 0.15) is 36.6 Å². The van der Waals surface area contributed by atoms with Crippen LogP contribution in [-0.4, -0.2) is 11.7 Å². The van der Waals surface area contributed by atoms with Gasteiger partial charge >= 0.3 is 0 Å². The first kappa shape index (κ1) is 13.2. The van der Waals surface area contributed by atoms with Gasteiger partial charge in [0.05, 0.1) is 0 Å². The molecule has 0 aliphatic carbocycles. The van der Waals surface area contributed by atoms with Crippen LogP contribution in [0.4, 0.5) is 4.39 Å². The molecule has 1 aliphatic heterocycles. The second-order valence-electron chi connectivity index (χ2n) is 4.55. The van der Waals surface area contributed by atoms with Crippen LogP contribution >= 0.6 is 11.6 Å². The summed E-state index contributed by atoms with van der Waals surface area (Å²) in [5.74, 6) is 0.793. The molecule has 1 aliphatic rings. The number of halogens is 2. The SMILES string of the molecule is OC1COc2cc(OCc3cc(Cl)ccc3F)ccc21. The molecule has 0 saturated heterocycles. The zero-order chi connectivity index (χ0) is 14.1. The van der Waals surface area contributed by atoms with Crippen molar-refractivity contribution < 1.29 is 19.0 Å². The summed E-state index contributed by atoms with van der Waals surface area (Å²) in [6, 6.07) is 9.49. The van der Waals surface area contributed by atoms with Crippen LogP contribution in [0.3, 0.4) is 0 Å². The third-order valence-corrected chi connectivity index (χ3v) is 3.38. The largest absolute Gasteiger partial charge is 0.490 e. The van der Waals surface area contributed by atoms with Crippen LogP contribution in [0.25, 0.3) is 0 Å². The molecule has 2 aromatic rings. The van der Waals surface area contributed by atoms with Gasteiger partial charge < -0.3 is 14.6 Å². The van der Waals surface area contributed by atoms with E-state index in [0.29, 0.717) is 22.1 Å². The fourth-order valence-corrected chi connectivity index (χ4v) is 2.27. The van der Waals surface area contributed by atoms with E-state index in [9.17, 15) is 9.50 Å². The molecule has 3 nitrogen and oxygen atoms in total. The Morgan fingerprint density at radius 1 is 1.30 bits per heavy atom. The molecule has 0 amide bonds. The highest BCUT2D eigenvalue weighted by Crippen LogP contribution is 2.35. The average Bonchev–Trinajstić information content (AvgIpc) is 2.81. The van der Waals surface area contributed by atoms with E-state index in [0.717, 1.165) is 5.56 Å². The second-order valence-corrected chi connectivity index (χ2v) is 4.99. The maximum Gasteiger partial charge on any atom is 0.129 e. The molecule has 0 fully saturated rings. The maximum atomic E-state index is 13.5. The maximum absolute atomic E-state index is 13.5. The molecular formula is C15H12ClFO3. The Morgan fingerprint density at radius 3 is 3.00 bits per heavy atom. The quantitative estimate of drug-likeness (QED) is 0.942. The molecule has 0 radical (unpaired) electrons. The fourth-order valence-electron chi connectivity index (χ4n) is 2.08. The monoisotopic (exact) mass is 294 g/mol. The van der Waals surface area contributed by atoms with Gasteiger partial charge in [-0.2, -0.15) is 0 Å². The van der Waals surface area contributed by atoms with Crippen LogP contribution in [0.15, 0.2) is 36.4 Å². The second kappa shape index (κ2) is 5.31. The van der Waals surface area contributed by atoms with Crippen molar-refractivity contribution in [3.05, 3.63) is 58.4 Å². The van der Waals surface area contributed by atoms with E-state index in [2.05, 4.69) is 0 Å². The van der Waals surface area contributed by atoms with Crippen LogP contribution in [0.2, 0.25) is 5.02 Å². The zero-order valence-corrected chi connectivity index (χ0v) is 11.2. The third kappa shape index (κ3) is 2.57. The summed E-state index contributed by atoms with van der Waals surface area (Å²) < 4.78 is 24.4. The van der Waals surface area contributed by atoms with Gasteiger partial charge in [0.2, 0.25) is 0 Å². The first-order chi connectivity index (χ1) is 9.63. The minimum Gasteiger partial charge on any atom is -0.490 e. The molecule has 20 heavy (non-hydrogen) atoms. The molecule has 0 saturated carbocycles. The van der Waals surface area contributed by atoms with Crippen molar-refractivity contribution in [3.63, 3.8) is 0 Å². The predicted octanol–water partition coefficient (Wildman–Crippen LogP) is 3.48. The number of hydrogen-bond acceptors (Lipinski definition) is 3. The molecule has 0 aromatic heterocycles. The molecule has 5 heteroatoms. The van der Waals surface area contributed by atoms with Crippen molar-refractivity contribution in [1.29, 1.82) is 0 Å². The van der Waals surface area contributed by atoms with Gasteiger partial charge in [-0.05, 0) is 30.3 Å². The molecular weight excluding hydrogens is 283 g/mol. The predicted molar refractivity (Wildman–Crippen MR) is 72.6 cm³/mol. The lowest BCUT2D eigenvalue weighted by Crippen LogP contribution is -1.98. The van der Waals surface area contributed by atoms with E-state index in [4.69, 9.17) is 21.1 Å². The van der Waals surface area contributed by atoms with Crippen LogP contribution < -0.4 is 9.47 Å². The standard InChI is InChI=1S/C15H12ClFO3/c16-10-1-4-13(17)9(5-10)7-19-11-2-3-12-14(18)8-20-15(12)6-11/h1-6,14,18H,7-8H2. The van der Waals surface area contributed by atoms with Gasteiger partial charge in [0.15, 0.2) is 0 Å². The van der Waals surface area contributed by atoms with Crippen LogP contribution in [0.5, 0.6) is 11.5 Å². The van der Waals surface area contributed by atoms with Crippen molar-refractivity contribution in [2.24, 2.45) is 0 Å². The van der Waals surface area contributed by atoms with Crippen LogP contribution in [-0.2, 0) is 6.61 Å². The lowest BCUT2D eigenvalue weighted by atomic mass is 10.1. The highest BCUT2D eigenvalue weighted by atomic mass is 35.5. The topological polar surface area (TPSA) is 38.7 Å². The van der Waals surface area contributed by atoms with Crippen molar-refractivity contribution in [2.45, 2.75) is 12.7 Å². The van der Waals surface area contributed by atoms with E-state index in [1.165, 1.54) is 18.2 Å². The smallest absolute Gasteiger partial charge is 0.129 e. The highest BCUT2D eigenvalue weighted by molar-refractivity contribution is 6.30. The van der Waals surface area contributed by atoms with E-state index < -0.39 is 6.10 Å². The number of rotatable bonds is 3. The molecule has 0 spiro atoms. The normalized spacial score (nSPS) is 16.6. The summed E-state index contributed by atoms with van der Waals surface area (Å²) in [5.41, 5.74) is 1.13. The molecule has 104 valence electrons. The minimum absolute atomic E-state index is 0.0771. The van der Waals surface area contributed by atoms with Gasteiger partial charge in [-0.15, -0.1) is 0 Å². The Hall–Kier alpha value is -1.78. The number of fused-ring (bicyclic) bond motifs is 1. The summed E-state index contributed by atoms with van der Waals surface area (Å²) >= 11 is 5.82. The van der Waals surface area contributed by atoms with Crippen molar-refractivity contribution in [1.82, 2.24) is 0 Å². The van der Waals surface area contributed by atoms with Crippen molar-refractivity contribution in [3.8, 4) is 11.5 Å². The Kier molecular flexibility index (Phi) is 3.51. The summed E-state index contributed by atoms with van der Waals surface area (Å²) in [6.07, 6.45) is -0.593. The van der Waals surface area contributed by atoms with Gasteiger partial charge in [-0.25, -0.2) is 4.39 Å². The molecule has 1 atom stereocenters. The average molecular weight is 295 g/mol. The lowest BCUT2D eigenvalue weighted by Gasteiger charge is -2.09. The number of aliphatic hydroxyl groups is 1. The Balaban J connectivity index is 1.74. The van der Waals surface area contributed by atoms with Crippen molar-refractivity contribution >= 4 is 11.6 Å². The minimum atomic E-state index is -0.593. The van der Waals surface area contributed by atoms with Gasteiger partial charge in [0.25, 0.3) is 0 Å². The van der Waals surface area contributed by atoms with Crippen molar-refractivity contribution in [2.75, 3.05) is 6.61 Å². The Labute approximate surface area is 120 Å². The fraction of sp³-hybridized carbons (Fsp3) is 0.200. The molecule has 0 bridgehead atoms. The molecule has 1 unspecified atom stereocenters. The summed E-state index contributed by atoms with van der Waals surface area (Å²) in [4.78, 5) is 0. The number of benzene rings is 2. The van der Waals surface area contributed by atoms with Crippen LogP contribution in [0, 0.1) is 5.82 Å². The zero-order valence-electron chi connectivity index (χ0n) is 10.5. The van der Waals surface area contributed by atoms with Gasteiger partial charge in [-0.1, -0.05) is 11.6 Å². The number of hydrogen-bond donors (Lipinski definition) is 1. The number of ether oxygens (including phenoxy) is 2. The van der Waals surface area contributed by atoms with Gasteiger partial charge in [-0.3, -0.25) is 0 Å². The molecule has 3 rings (SSSR count). The summed E-state index contributed by atoms with van der Waals surface area (Å²) in [6.45, 7) is 0.329.